The fourth-order valence-corrected chi connectivity index (χ4v) is 2.74. The van der Waals surface area contributed by atoms with E-state index in [2.05, 4.69) is 0 Å². The van der Waals surface area contributed by atoms with Crippen LogP contribution in [-0.4, -0.2) is 4.92 Å². The third-order valence-electron chi connectivity index (χ3n) is 2.64. The number of nitro groups is 1. The summed E-state index contributed by atoms with van der Waals surface area (Å²) in [4.78, 5) is 10.0. The lowest BCUT2D eigenvalue weighted by Gasteiger charge is -2.09. The van der Waals surface area contributed by atoms with Gasteiger partial charge >= 0.3 is 8.03 Å². The third-order valence-corrected chi connectivity index (χ3v) is 4.39. The van der Waals surface area contributed by atoms with Gasteiger partial charge in [-0.3, -0.25) is 14.6 Å². The standard InChI is InChI=1S/C13H8Cl3NO4P/c14-13(15,16)9-1-7-12(8-2-9)22(20)21-11-5-3-10(4-6-11)17(18)19/h1-8H/q+1. The molecular formula is C13H8Cl3NO4P+. The van der Waals surface area contributed by atoms with E-state index in [1.54, 1.807) is 0 Å². The Morgan fingerprint density at radius 1 is 1.00 bits per heavy atom. The molecule has 0 amide bonds. The second-order valence-electron chi connectivity index (χ2n) is 4.14. The molecule has 0 heterocycles. The van der Waals surface area contributed by atoms with E-state index in [0.29, 0.717) is 10.9 Å². The first-order valence-electron chi connectivity index (χ1n) is 5.84. The van der Waals surface area contributed by atoms with Crippen molar-refractivity contribution in [2.45, 2.75) is 3.79 Å². The molecule has 0 bridgehead atoms. The number of nitro benzene ring substituents is 1. The summed E-state index contributed by atoms with van der Waals surface area (Å²) in [5.41, 5.74) is 0.370. The minimum Gasteiger partial charge on any atom is -0.258 e. The zero-order chi connectivity index (χ0) is 16.3. The lowest BCUT2D eigenvalue weighted by Crippen LogP contribution is -2.05. The fraction of sp³-hybridized carbons (Fsp3) is 0.0769. The van der Waals surface area contributed by atoms with Gasteiger partial charge in [0.15, 0.2) is 5.75 Å². The number of alkyl halides is 3. The molecule has 0 saturated carbocycles. The predicted molar refractivity (Wildman–Crippen MR) is 86.6 cm³/mol. The highest BCUT2D eigenvalue weighted by Gasteiger charge is 2.27. The second-order valence-corrected chi connectivity index (χ2v) is 7.64. The average molecular weight is 380 g/mol. The molecule has 0 aliphatic carbocycles. The van der Waals surface area contributed by atoms with Crippen molar-refractivity contribution in [3.63, 3.8) is 0 Å². The molecular weight excluding hydrogens is 371 g/mol. The van der Waals surface area contributed by atoms with Gasteiger partial charge in [-0.05, 0) is 28.8 Å². The van der Waals surface area contributed by atoms with Crippen molar-refractivity contribution in [2.24, 2.45) is 0 Å². The Bertz CT molecular complexity index is 699. The minimum atomic E-state index is -2.17. The van der Waals surface area contributed by atoms with Crippen LogP contribution in [0.2, 0.25) is 0 Å². The molecule has 0 N–H and O–H groups in total. The molecule has 2 aromatic carbocycles. The molecule has 0 radical (unpaired) electrons. The maximum atomic E-state index is 12.1. The molecule has 0 saturated heterocycles. The normalized spacial score (nSPS) is 11.9. The van der Waals surface area contributed by atoms with E-state index >= 15 is 0 Å². The Hall–Kier alpha value is -1.39. The summed E-state index contributed by atoms with van der Waals surface area (Å²) in [7, 11) is -2.17. The lowest BCUT2D eigenvalue weighted by atomic mass is 10.2. The summed E-state index contributed by atoms with van der Waals surface area (Å²) >= 11 is 17.2. The van der Waals surface area contributed by atoms with E-state index < -0.39 is 16.7 Å². The van der Waals surface area contributed by atoms with Gasteiger partial charge in [-0.2, -0.15) is 0 Å². The van der Waals surface area contributed by atoms with Crippen molar-refractivity contribution in [1.82, 2.24) is 0 Å². The summed E-state index contributed by atoms with van der Waals surface area (Å²) in [6.45, 7) is 0. The minimum absolute atomic E-state index is 0.0744. The molecule has 1 unspecified atom stereocenters. The van der Waals surface area contributed by atoms with Crippen LogP contribution in [0.15, 0.2) is 48.5 Å². The Kier molecular flexibility index (Phi) is 5.24. The quantitative estimate of drug-likeness (QED) is 0.329. The summed E-state index contributed by atoms with van der Waals surface area (Å²) in [6, 6.07) is 11.4. The number of nitrogens with zero attached hydrogens (tertiary/aromatic N) is 1. The van der Waals surface area contributed by atoms with Gasteiger partial charge in [0.05, 0.1) is 4.92 Å². The summed E-state index contributed by atoms with van der Waals surface area (Å²) in [5, 5.41) is 11.0. The molecule has 0 aromatic heterocycles. The van der Waals surface area contributed by atoms with Gasteiger partial charge in [-0.15, -0.1) is 0 Å². The lowest BCUT2D eigenvalue weighted by molar-refractivity contribution is -0.384. The van der Waals surface area contributed by atoms with E-state index in [-0.39, 0.29) is 11.4 Å². The van der Waals surface area contributed by atoms with Gasteiger partial charge in [0.25, 0.3) is 5.69 Å². The van der Waals surface area contributed by atoms with E-state index in [1.807, 2.05) is 0 Å². The third kappa shape index (κ3) is 4.31. The molecule has 9 heteroatoms. The van der Waals surface area contributed by atoms with Crippen LogP contribution >= 0.6 is 42.8 Å². The second kappa shape index (κ2) is 6.80. The van der Waals surface area contributed by atoms with Crippen LogP contribution in [0.3, 0.4) is 0 Å². The fourth-order valence-electron chi connectivity index (χ4n) is 1.55. The van der Waals surface area contributed by atoms with E-state index in [0.717, 1.165) is 0 Å². The first-order valence-corrected chi connectivity index (χ1v) is 8.15. The summed E-state index contributed by atoms with van der Waals surface area (Å²) in [6.07, 6.45) is 0. The number of hydrogen-bond acceptors (Lipinski definition) is 4. The van der Waals surface area contributed by atoms with Gasteiger partial charge < -0.3 is 0 Å². The van der Waals surface area contributed by atoms with Crippen LogP contribution in [0, 0.1) is 10.1 Å². The molecule has 0 fully saturated rings. The first kappa shape index (κ1) is 17.0. The maximum absolute atomic E-state index is 12.1. The zero-order valence-electron chi connectivity index (χ0n) is 10.8. The largest absolute Gasteiger partial charge is 0.597 e. The number of rotatable bonds is 4. The number of non-ortho nitro benzene ring substituents is 1. The SMILES string of the molecule is O=[N+]([O-])c1ccc(O[P+](=O)c2ccc(C(Cl)(Cl)Cl)cc2)cc1. The van der Waals surface area contributed by atoms with Crippen LogP contribution in [-0.2, 0) is 8.36 Å². The molecule has 5 nitrogen and oxygen atoms in total. The molecule has 2 rings (SSSR count). The van der Waals surface area contributed by atoms with Crippen molar-refractivity contribution >= 4 is 53.8 Å². The van der Waals surface area contributed by atoms with E-state index in [1.165, 1.54) is 48.5 Å². The van der Waals surface area contributed by atoms with Gasteiger partial charge in [0.1, 0.15) is 0 Å². The monoisotopic (exact) mass is 378 g/mol. The smallest absolute Gasteiger partial charge is 0.258 e. The highest BCUT2D eigenvalue weighted by Crippen LogP contribution is 2.38. The van der Waals surface area contributed by atoms with E-state index in [9.17, 15) is 14.7 Å². The number of halogens is 3. The molecule has 0 aliphatic heterocycles. The van der Waals surface area contributed by atoms with Crippen molar-refractivity contribution in [3.05, 3.63) is 64.2 Å². The van der Waals surface area contributed by atoms with Crippen LogP contribution in [0.25, 0.3) is 0 Å². The Morgan fingerprint density at radius 3 is 2.00 bits per heavy atom. The van der Waals surface area contributed by atoms with Crippen molar-refractivity contribution < 1.29 is 14.0 Å². The van der Waals surface area contributed by atoms with Gasteiger partial charge in [-0.25, -0.2) is 0 Å². The van der Waals surface area contributed by atoms with Crippen molar-refractivity contribution in [2.75, 3.05) is 0 Å². The Labute approximate surface area is 141 Å². The van der Waals surface area contributed by atoms with Gasteiger partial charge in [-0.1, -0.05) is 46.9 Å². The van der Waals surface area contributed by atoms with Crippen LogP contribution in [0.1, 0.15) is 5.56 Å². The predicted octanol–water partition coefficient (Wildman–Crippen LogP) is 4.87. The van der Waals surface area contributed by atoms with Gasteiger partial charge in [0.2, 0.25) is 9.10 Å². The van der Waals surface area contributed by atoms with Crippen molar-refractivity contribution in [1.29, 1.82) is 0 Å². The molecule has 2 aromatic rings. The highest BCUT2D eigenvalue weighted by molar-refractivity contribution is 7.48. The highest BCUT2D eigenvalue weighted by atomic mass is 35.6. The maximum Gasteiger partial charge on any atom is 0.597 e. The van der Waals surface area contributed by atoms with Gasteiger partial charge in [0, 0.05) is 17.7 Å². The summed E-state index contributed by atoms with van der Waals surface area (Å²) in [5.74, 6) is 0.261. The van der Waals surface area contributed by atoms with Crippen LogP contribution in [0.4, 0.5) is 5.69 Å². The molecule has 0 spiro atoms. The number of hydrogen-bond donors (Lipinski definition) is 0. The molecule has 0 aliphatic rings. The first-order chi connectivity index (χ1) is 10.3. The number of benzene rings is 2. The molecule has 114 valence electrons. The summed E-state index contributed by atoms with van der Waals surface area (Å²) < 4.78 is 15.8. The van der Waals surface area contributed by atoms with Crippen LogP contribution < -0.4 is 9.83 Å². The van der Waals surface area contributed by atoms with Crippen LogP contribution in [0.5, 0.6) is 5.75 Å². The Balaban J connectivity index is 2.10. The topological polar surface area (TPSA) is 69.4 Å². The average Bonchev–Trinajstić information content (AvgIpc) is 2.47. The Morgan fingerprint density at radius 2 is 1.55 bits per heavy atom. The molecule has 1 atom stereocenters. The van der Waals surface area contributed by atoms with E-state index in [4.69, 9.17) is 39.3 Å². The molecule has 22 heavy (non-hydrogen) atoms. The van der Waals surface area contributed by atoms with Crippen molar-refractivity contribution in [3.8, 4) is 5.75 Å². The zero-order valence-corrected chi connectivity index (χ0v) is 13.9.